The number of ketones is 1. The van der Waals surface area contributed by atoms with Crippen LogP contribution in [0.5, 0.6) is 23.0 Å². The summed E-state index contributed by atoms with van der Waals surface area (Å²) in [5, 5.41) is 0. The van der Waals surface area contributed by atoms with Crippen molar-refractivity contribution >= 4 is 11.9 Å². The molecule has 0 N–H and O–H groups in total. The molecule has 0 saturated heterocycles. The standard InChI is InChI=1S/C25H22N2O5/c1-29-21-5-3-17(12-22(21)30-2)13-27-14-19-20(31-15-27)6-4-18-24(28)23(32-25(18)19)11-16-7-9-26-10-8-16/h3-12H,13-15H2,1-2H3/b23-11-. The van der Waals surface area contributed by atoms with Gasteiger partial charge in [-0.2, -0.15) is 0 Å². The molecule has 0 saturated carbocycles. The predicted molar refractivity (Wildman–Crippen MR) is 118 cm³/mol. The molecule has 5 rings (SSSR count). The number of hydrogen-bond donors (Lipinski definition) is 0. The maximum atomic E-state index is 12.9. The maximum absolute atomic E-state index is 12.9. The Morgan fingerprint density at radius 1 is 1.06 bits per heavy atom. The number of methoxy groups -OCH3 is 2. The Hall–Kier alpha value is -3.84. The average Bonchev–Trinajstić information content (AvgIpc) is 3.15. The molecule has 0 atom stereocenters. The van der Waals surface area contributed by atoms with Gasteiger partial charge in [-0.15, -0.1) is 0 Å². The molecule has 1 aromatic heterocycles. The molecule has 0 bridgehead atoms. The number of benzene rings is 2. The Morgan fingerprint density at radius 2 is 1.88 bits per heavy atom. The smallest absolute Gasteiger partial charge is 0.231 e. The molecule has 2 aliphatic heterocycles. The van der Waals surface area contributed by atoms with Gasteiger partial charge in [-0.1, -0.05) is 6.07 Å². The van der Waals surface area contributed by atoms with Crippen LogP contribution in [0.2, 0.25) is 0 Å². The zero-order valence-electron chi connectivity index (χ0n) is 17.8. The van der Waals surface area contributed by atoms with E-state index in [-0.39, 0.29) is 5.78 Å². The molecule has 2 aliphatic rings. The molecule has 162 valence electrons. The van der Waals surface area contributed by atoms with Crippen LogP contribution in [0.3, 0.4) is 0 Å². The van der Waals surface area contributed by atoms with E-state index in [1.165, 1.54) is 0 Å². The van der Waals surface area contributed by atoms with E-state index in [1.807, 2.05) is 36.4 Å². The molecule has 2 aromatic carbocycles. The lowest BCUT2D eigenvalue weighted by Crippen LogP contribution is -2.31. The molecule has 0 aliphatic carbocycles. The van der Waals surface area contributed by atoms with Gasteiger partial charge in [0.05, 0.1) is 25.3 Å². The highest BCUT2D eigenvalue weighted by atomic mass is 16.5. The third-order valence-electron chi connectivity index (χ3n) is 5.54. The van der Waals surface area contributed by atoms with Crippen LogP contribution < -0.4 is 18.9 Å². The van der Waals surface area contributed by atoms with Crippen LogP contribution in [-0.4, -0.2) is 36.6 Å². The maximum Gasteiger partial charge on any atom is 0.231 e. The van der Waals surface area contributed by atoms with Gasteiger partial charge >= 0.3 is 0 Å². The minimum atomic E-state index is -0.128. The van der Waals surface area contributed by atoms with Gasteiger partial charge in [-0.25, -0.2) is 0 Å². The first-order valence-electron chi connectivity index (χ1n) is 10.2. The van der Waals surface area contributed by atoms with Gasteiger partial charge in [-0.05, 0) is 53.6 Å². The summed E-state index contributed by atoms with van der Waals surface area (Å²) < 4.78 is 22.7. The molecule has 0 fully saturated rings. The number of pyridine rings is 1. The number of allylic oxidation sites excluding steroid dienone is 1. The van der Waals surface area contributed by atoms with Crippen molar-refractivity contribution in [2.45, 2.75) is 13.1 Å². The summed E-state index contributed by atoms with van der Waals surface area (Å²) in [5.74, 6) is 2.86. The van der Waals surface area contributed by atoms with Crippen molar-refractivity contribution in [3.63, 3.8) is 0 Å². The van der Waals surface area contributed by atoms with E-state index in [0.29, 0.717) is 48.4 Å². The predicted octanol–water partition coefficient (Wildman–Crippen LogP) is 4.07. The molecule has 7 nitrogen and oxygen atoms in total. The van der Waals surface area contributed by atoms with Crippen molar-refractivity contribution < 1.29 is 23.7 Å². The van der Waals surface area contributed by atoms with E-state index >= 15 is 0 Å². The van der Waals surface area contributed by atoms with Gasteiger partial charge in [-0.3, -0.25) is 14.7 Å². The second kappa shape index (κ2) is 8.36. The monoisotopic (exact) mass is 430 g/mol. The summed E-state index contributed by atoms with van der Waals surface area (Å²) in [6.45, 7) is 1.69. The topological polar surface area (TPSA) is 70.1 Å². The number of fused-ring (bicyclic) bond motifs is 3. The number of hydrogen-bond acceptors (Lipinski definition) is 7. The van der Waals surface area contributed by atoms with E-state index in [9.17, 15) is 4.79 Å². The summed E-state index contributed by atoms with van der Waals surface area (Å²) in [6, 6.07) is 13.1. The fraction of sp³-hybridized carbons (Fsp3) is 0.200. The van der Waals surface area contributed by atoms with Crippen molar-refractivity contribution in [3.05, 3.63) is 82.9 Å². The van der Waals surface area contributed by atoms with Gasteiger partial charge in [0.25, 0.3) is 0 Å². The van der Waals surface area contributed by atoms with E-state index in [4.69, 9.17) is 18.9 Å². The van der Waals surface area contributed by atoms with Crippen molar-refractivity contribution in [3.8, 4) is 23.0 Å². The first-order chi connectivity index (χ1) is 15.7. The highest BCUT2D eigenvalue weighted by Crippen LogP contribution is 2.42. The van der Waals surface area contributed by atoms with Gasteiger partial charge < -0.3 is 18.9 Å². The number of carbonyl (C=O) groups excluding carboxylic acids is 1. The molecule has 0 unspecified atom stereocenters. The van der Waals surface area contributed by atoms with Gasteiger partial charge in [0.2, 0.25) is 5.78 Å². The minimum Gasteiger partial charge on any atom is -0.493 e. The molecular formula is C25H22N2O5. The largest absolute Gasteiger partial charge is 0.493 e. The van der Waals surface area contributed by atoms with E-state index in [0.717, 1.165) is 22.4 Å². The number of rotatable bonds is 5. The second-order valence-electron chi connectivity index (χ2n) is 7.59. The highest BCUT2D eigenvalue weighted by molar-refractivity contribution is 6.15. The molecule has 32 heavy (non-hydrogen) atoms. The second-order valence-corrected chi connectivity index (χ2v) is 7.59. The van der Waals surface area contributed by atoms with Crippen LogP contribution in [0.15, 0.2) is 60.6 Å². The van der Waals surface area contributed by atoms with Crippen LogP contribution in [-0.2, 0) is 13.1 Å². The average molecular weight is 430 g/mol. The highest BCUT2D eigenvalue weighted by Gasteiger charge is 2.33. The zero-order chi connectivity index (χ0) is 22.1. The number of aromatic nitrogens is 1. The molecular weight excluding hydrogens is 408 g/mol. The lowest BCUT2D eigenvalue weighted by atomic mass is 10.0. The first kappa shape index (κ1) is 20.1. The number of ether oxygens (including phenoxy) is 4. The summed E-state index contributed by atoms with van der Waals surface area (Å²) in [7, 11) is 3.24. The van der Waals surface area contributed by atoms with Crippen LogP contribution in [0.25, 0.3) is 6.08 Å². The fourth-order valence-corrected chi connectivity index (χ4v) is 3.95. The number of nitrogens with zero attached hydrogens (tertiary/aromatic N) is 2. The van der Waals surface area contributed by atoms with Gasteiger partial charge in [0.15, 0.2) is 17.3 Å². The molecule has 7 heteroatoms. The Morgan fingerprint density at radius 3 is 2.66 bits per heavy atom. The van der Waals surface area contributed by atoms with Crippen LogP contribution in [0.1, 0.15) is 27.0 Å². The number of Topliss-reactive ketones (excluding diaryl/α,β-unsaturated/α-hetero) is 1. The van der Waals surface area contributed by atoms with Crippen molar-refractivity contribution in [1.29, 1.82) is 0 Å². The zero-order valence-corrected chi connectivity index (χ0v) is 17.8. The summed E-state index contributed by atoms with van der Waals surface area (Å²) >= 11 is 0. The molecule has 0 spiro atoms. The Labute approximate surface area is 185 Å². The van der Waals surface area contributed by atoms with Gasteiger partial charge in [0, 0.05) is 25.5 Å². The molecule has 0 amide bonds. The van der Waals surface area contributed by atoms with E-state index in [2.05, 4.69) is 9.88 Å². The normalized spacial score (nSPS) is 16.2. The van der Waals surface area contributed by atoms with E-state index < -0.39 is 0 Å². The summed E-state index contributed by atoms with van der Waals surface area (Å²) in [4.78, 5) is 19.0. The van der Waals surface area contributed by atoms with Crippen molar-refractivity contribution in [2.24, 2.45) is 0 Å². The fourth-order valence-electron chi connectivity index (χ4n) is 3.95. The summed E-state index contributed by atoms with van der Waals surface area (Å²) in [6.07, 6.45) is 5.10. The lowest BCUT2D eigenvalue weighted by Gasteiger charge is -2.29. The summed E-state index contributed by atoms with van der Waals surface area (Å²) in [5.41, 5.74) is 3.36. The number of carbonyl (C=O) groups is 1. The van der Waals surface area contributed by atoms with Gasteiger partial charge in [0.1, 0.15) is 18.2 Å². The Balaban J connectivity index is 1.39. The Bertz CT molecular complexity index is 1210. The quantitative estimate of drug-likeness (QED) is 0.565. The van der Waals surface area contributed by atoms with Crippen LogP contribution in [0, 0.1) is 0 Å². The van der Waals surface area contributed by atoms with Crippen molar-refractivity contribution in [2.75, 3.05) is 21.0 Å². The third-order valence-corrected chi connectivity index (χ3v) is 5.54. The van der Waals surface area contributed by atoms with Crippen LogP contribution >= 0.6 is 0 Å². The van der Waals surface area contributed by atoms with Crippen molar-refractivity contribution in [1.82, 2.24) is 9.88 Å². The van der Waals surface area contributed by atoms with E-state index in [1.54, 1.807) is 38.8 Å². The Kier molecular flexibility index (Phi) is 5.25. The first-order valence-corrected chi connectivity index (χ1v) is 10.2. The van der Waals surface area contributed by atoms with Crippen LogP contribution in [0.4, 0.5) is 0 Å². The lowest BCUT2D eigenvalue weighted by molar-refractivity contribution is 0.0872. The molecule has 0 radical (unpaired) electrons. The minimum absolute atomic E-state index is 0.128. The molecule has 3 heterocycles. The SMILES string of the molecule is COc1ccc(CN2COc3ccc4c(c3C2)O/C(=C\c2ccncc2)C4=O)cc1OC. The third kappa shape index (κ3) is 3.67. The molecule has 3 aromatic rings.